The highest BCUT2D eigenvalue weighted by molar-refractivity contribution is 5.93. The molecule has 15 heavy (non-hydrogen) atoms. The summed E-state index contributed by atoms with van der Waals surface area (Å²) in [4.78, 5) is 10.7. The molecule has 0 atom stereocenters. The van der Waals surface area contributed by atoms with Crippen LogP contribution in [-0.4, -0.2) is 11.1 Å². The monoisotopic (exact) mass is 202 g/mol. The molecule has 0 unspecified atom stereocenters. The summed E-state index contributed by atoms with van der Waals surface area (Å²) in [6.45, 7) is 0. The SMILES string of the molecule is N#C/C(C(=O)O)=C1/Nc2ccccc2O1. The molecule has 0 saturated carbocycles. The van der Waals surface area contributed by atoms with E-state index in [0.29, 0.717) is 11.4 Å². The summed E-state index contributed by atoms with van der Waals surface area (Å²) in [5, 5.41) is 20.1. The molecule has 1 heterocycles. The van der Waals surface area contributed by atoms with Crippen molar-refractivity contribution in [3.63, 3.8) is 0 Å². The fourth-order valence-corrected chi connectivity index (χ4v) is 1.23. The Labute approximate surface area is 85.2 Å². The van der Waals surface area contributed by atoms with Gasteiger partial charge in [0.15, 0.2) is 11.3 Å². The number of aliphatic carboxylic acids is 1. The van der Waals surface area contributed by atoms with Crippen LogP contribution in [0.25, 0.3) is 0 Å². The molecular weight excluding hydrogens is 196 g/mol. The van der Waals surface area contributed by atoms with Gasteiger partial charge >= 0.3 is 5.97 Å². The Morgan fingerprint density at radius 1 is 1.47 bits per heavy atom. The summed E-state index contributed by atoms with van der Waals surface area (Å²) < 4.78 is 5.19. The molecule has 0 bridgehead atoms. The number of para-hydroxylation sites is 2. The summed E-state index contributed by atoms with van der Waals surface area (Å²) in [5.41, 5.74) is 0.215. The van der Waals surface area contributed by atoms with Crippen molar-refractivity contribution in [1.29, 1.82) is 5.26 Å². The number of anilines is 1. The average Bonchev–Trinajstić information content (AvgIpc) is 2.61. The van der Waals surface area contributed by atoms with E-state index in [-0.39, 0.29) is 5.88 Å². The Balaban J connectivity index is 2.42. The molecule has 0 radical (unpaired) electrons. The first kappa shape index (κ1) is 9.09. The molecule has 0 amide bonds. The third-order valence-corrected chi connectivity index (χ3v) is 1.90. The van der Waals surface area contributed by atoms with Gasteiger partial charge in [0.05, 0.1) is 5.69 Å². The summed E-state index contributed by atoms with van der Waals surface area (Å²) in [5.74, 6) is -0.833. The Morgan fingerprint density at radius 2 is 2.20 bits per heavy atom. The van der Waals surface area contributed by atoms with E-state index in [1.165, 1.54) is 0 Å². The van der Waals surface area contributed by atoms with Crippen molar-refractivity contribution >= 4 is 11.7 Å². The largest absolute Gasteiger partial charge is 0.477 e. The standard InChI is InChI=1S/C10H6N2O3/c11-5-6(10(13)14)9-12-7-3-1-2-4-8(7)15-9/h1-4,12H,(H,13,14)/b9-6+. The van der Waals surface area contributed by atoms with Gasteiger partial charge < -0.3 is 15.2 Å². The Bertz CT molecular complexity index is 473. The molecule has 1 aromatic rings. The summed E-state index contributed by atoms with van der Waals surface area (Å²) in [6, 6.07) is 8.54. The van der Waals surface area contributed by atoms with Gasteiger partial charge in [-0.05, 0) is 12.1 Å². The number of hydrogen-bond donors (Lipinski definition) is 2. The molecule has 0 aliphatic carbocycles. The number of benzene rings is 1. The zero-order valence-corrected chi connectivity index (χ0v) is 7.52. The first-order valence-electron chi connectivity index (χ1n) is 4.14. The maximum Gasteiger partial charge on any atom is 0.352 e. The number of ether oxygens (including phenoxy) is 1. The second-order valence-corrected chi connectivity index (χ2v) is 2.84. The third-order valence-electron chi connectivity index (χ3n) is 1.90. The number of nitrogens with zero attached hydrogens (tertiary/aromatic N) is 1. The van der Waals surface area contributed by atoms with E-state index >= 15 is 0 Å². The topological polar surface area (TPSA) is 82.4 Å². The number of hydrogen-bond acceptors (Lipinski definition) is 4. The van der Waals surface area contributed by atoms with Crippen molar-refractivity contribution in [2.24, 2.45) is 0 Å². The van der Waals surface area contributed by atoms with Crippen LogP contribution in [0.4, 0.5) is 5.69 Å². The number of carbonyl (C=O) groups is 1. The van der Waals surface area contributed by atoms with Gasteiger partial charge in [-0.3, -0.25) is 0 Å². The molecule has 1 aliphatic heterocycles. The first-order valence-corrected chi connectivity index (χ1v) is 4.14. The van der Waals surface area contributed by atoms with Crippen LogP contribution in [0.5, 0.6) is 5.75 Å². The van der Waals surface area contributed by atoms with Gasteiger partial charge in [-0.2, -0.15) is 5.26 Å². The van der Waals surface area contributed by atoms with Gasteiger partial charge in [0.25, 0.3) is 0 Å². The fraction of sp³-hybridized carbons (Fsp3) is 0. The van der Waals surface area contributed by atoms with Gasteiger partial charge in [0.1, 0.15) is 6.07 Å². The van der Waals surface area contributed by atoms with Crippen LogP contribution < -0.4 is 10.1 Å². The molecule has 1 aliphatic rings. The van der Waals surface area contributed by atoms with Gasteiger partial charge in [0, 0.05) is 0 Å². The normalized spacial score (nSPS) is 15.7. The van der Waals surface area contributed by atoms with Crippen molar-refractivity contribution in [2.75, 3.05) is 5.32 Å². The fourth-order valence-electron chi connectivity index (χ4n) is 1.23. The van der Waals surface area contributed by atoms with Crippen LogP contribution in [0, 0.1) is 11.3 Å². The van der Waals surface area contributed by atoms with Crippen LogP contribution in [0.2, 0.25) is 0 Å². The van der Waals surface area contributed by atoms with Gasteiger partial charge in [-0.25, -0.2) is 4.79 Å². The van der Waals surface area contributed by atoms with Crippen molar-refractivity contribution in [3.8, 4) is 11.8 Å². The van der Waals surface area contributed by atoms with Gasteiger partial charge in [0.2, 0.25) is 5.88 Å². The lowest BCUT2D eigenvalue weighted by Crippen LogP contribution is -2.09. The van der Waals surface area contributed by atoms with Crippen LogP contribution in [-0.2, 0) is 4.79 Å². The molecule has 1 aromatic carbocycles. The van der Waals surface area contributed by atoms with E-state index < -0.39 is 11.5 Å². The second kappa shape index (κ2) is 3.35. The van der Waals surface area contributed by atoms with Crippen molar-refractivity contribution < 1.29 is 14.6 Å². The van der Waals surface area contributed by atoms with Gasteiger partial charge in [-0.15, -0.1) is 0 Å². The summed E-state index contributed by atoms with van der Waals surface area (Å²) >= 11 is 0. The lowest BCUT2D eigenvalue weighted by atomic mass is 10.3. The molecule has 5 heteroatoms. The molecule has 74 valence electrons. The minimum atomic E-state index is -1.31. The molecule has 2 N–H and O–H groups in total. The highest BCUT2D eigenvalue weighted by atomic mass is 16.5. The average molecular weight is 202 g/mol. The Hall–Kier alpha value is -2.48. The lowest BCUT2D eigenvalue weighted by molar-refractivity contribution is -0.132. The smallest absolute Gasteiger partial charge is 0.352 e. The minimum Gasteiger partial charge on any atom is -0.477 e. The van der Waals surface area contributed by atoms with Crippen LogP contribution >= 0.6 is 0 Å². The van der Waals surface area contributed by atoms with E-state index in [1.54, 1.807) is 30.3 Å². The molecular formula is C10H6N2O3. The van der Waals surface area contributed by atoms with E-state index in [9.17, 15) is 4.79 Å². The number of rotatable bonds is 1. The third kappa shape index (κ3) is 1.48. The number of carboxylic acids is 1. The summed E-state index contributed by atoms with van der Waals surface area (Å²) in [6.07, 6.45) is 0. The highest BCUT2D eigenvalue weighted by Gasteiger charge is 2.23. The number of nitriles is 1. The van der Waals surface area contributed by atoms with Crippen molar-refractivity contribution in [3.05, 3.63) is 35.7 Å². The predicted molar refractivity (Wildman–Crippen MR) is 51.0 cm³/mol. The first-order chi connectivity index (χ1) is 7.22. The predicted octanol–water partition coefficient (Wildman–Crippen LogP) is 1.31. The molecule has 2 rings (SSSR count). The molecule has 0 spiro atoms. The minimum absolute atomic E-state index is 0.0359. The molecule has 5 nitrogen and oxygen atoms in total. The second-order valence-electron chi connectivity index (χ2n) is 2.84. The maximum absolute atomic E-state index is 10.7. The molecule has 0 saturated heterocycles. The maximum atomic E-state index is 10.7. The number of nitrogens with one attached hydrogen (secondary N) is 1. The van der Waals surface area contributed by atoms with Crippen LogP contribution in [0.15, 0.2) is 35.7 Å². The number of fused-ring (bicyclic) bond motifs is 1. The van der Waals surface area contributed by atoms with E-state index in [2.05, 4.69) is 5.32 Å². The zero-order chi connectivity index (χ0) is 10.8. The van der Waals surface area contributed by atoms with Crippen LogP contribution in [0.3, 0.4) is 0 Å². The van der Waals surface area contributed by atoms with E-state index in [1.807, 2.05) is 0 Å². The zero-order valence-electron chi connectivity index (χ0n) is 7.52. The Kier molecular flexibility index (Phi) is 2.03. The van der Waals surface area contributed by atoms with Gasteiger partial charge in [-0.1, -0.05) is 12.1 Å². The van der Waals surface area contributed by atoms with E-state index in [0.717, 1.165) is 0 Å². The molecule has 0 fully saturated rings. The Morgan fingerprint density at radius 3 is 2.80 bits per heavy atom. The lowest BCUT2D eigenvalue weighted by Gasteiger charge is -1.98. The molecule has 0 aromatic heterocycles. The summed E-state index contributed by atoms with van der Waals surface area (Å²) in [7, 11) is 0. The van der Waals surface area contributed by atoms with Crippen molar-refractivity contribution in [1.82, 2.24) is 0 Å². The number of carboxylic acid groups (broad SMARTS) is 1. The quantitative estimate of drug-likeness (QED) is 0.530. The van der Waals surface area contributed by atoms with E-state index in [4.69, 9.17) is 15.1 Å². The van der Waals surface area contributed by atoms with Crippen molar-refractivity contribution in [2.45, 2.75) is 0 Å². The van der Waals surface area contributed by atoms with Crippen LogP contribution in [0.1, 0.15) is 0 Å². The highest BCUT2D eigenvalue weighted by Crippen LogP contribution is 2.33.